The fourth-order valence-corrected chi connectivity index (χ4v) is 6.39. The summed E-state index contributed by atoms with van der Waals surface area (Å²) >= 11 is 11.9. The average Bonchev–Trinajstić information content (AvgIpc) is 2.90. The molecule has 14 nitrogen and oxygen atoms in total. The van der Waals surface area contributed by atoms with Gasteiger partial charge < -0.3 is 44.8 Å². The Bertz CT molecular complexity index is 1390. The van der Waals surface area contributed by atoms with E-state index >= 15 is 0 Å². The summed E-state index contributed by atoms with van der Waals surface area (Å²) < 4.78 is 28.0. The van der Waals surface area contributed by atoms with Gasteiger partial charge in [-0.05, 0) is 68.9 Å². The number of phenolic OH excluding ortho intramolecular Hbond substituents is 1. The highest BCUT2D eigenvalue weighted by Crippen LogP contribution is 2.32. The van der Waals surface area contributed by atoms with Crippen molar-refractivity contribution < 1.29 is 19.2 Å². The molecule has 2 aliphatic rings. The zero-order valence-electron chi connectivity index (χ0n) is 23.9. The van der Waals surface area contributed by atoms with Gasteiger partial charge in [0, 0.05) is 53.7 Å². The van der Waals surface area contributed by atoms with Gasteiger partial charge in [-0.2, -0.15) is 15.0 Å². The number of aromatic hydroxyl groups is 1. The minimum absolute atomic E-state index is 0. The lowest BCUT2D eigenvalue weighted by molar-refractivity contribution is 0.478. The topological polar surface area (TPSA) is 264 Å². The number of piperidine rings is 2. The Hall–Kier alpha value is -2.89. The SMILES string of the molecule is Cl.N.N.N.N.O=S(=O)(Nc1ccc(Nc2nc(N3CCCCC3)nc(N3CCCCC3)n2)cc1O)c1cc(Cl)cc(Cl)c1.[HH].[HH].[HH].[HH]. The molecule has 2 saturated heterocycles. The summed E-state index contributed by atoms with van der Waals surface area (Å²) in [5.74, 6) is 1.36. The monoisotopic (exact) mass is 689 g/mol. The molecule has 18 heteroatoms. The number of aromatic nitrogens is 3. The van der Waals surface area contributed by atoms with Crippen LogP contribution in [0.4, 0.5) is 29.2 Å². The molecule has 0 aliphatic carbocycles. The van der Waals surface area contributed by atoms with Gasteiger partial charge in [0.1, 0.15) is 5.75 Å². The van der Waals surface area contributed by atoms with E-state index in [-0.39, 0.29) is 69.1 Å². The van der Waals surface area contributed by atoms with Crippen LogP contribution in [0, 0.1) is 0 Å². The van der Waals surface area contributed by atoms with Crippen molar-refractivity contribution in [2.24, 2.45) is 0 Å². The van der Waals surface area contributed by atoms with E-state index < -0.39 is 10.0 Å². The Morgan fingerprint density at radius 3 is 1.70 bits per heavy atom. The van der Waals surface area contributed by atoms with E-state index in [1.54, 1.807) is 6.07 Å². The standard InChI is InChI=1S/C25H29Cl2N7O3S.ClH.4H3N.4H2/c26-17-13-18(27)15-20(14-17)38(36,37)32-21-8-7-19(16-22(21)35)28-23-29-24(33-9-3-1-4-10-33)31-25(30-23)34-11-5-2-6-12-34;;;;;;;;;/h7-8,13-16,32,35H,1-6,9-12H2,(H,28,29,30,31);1H;4*1H3;4*1H. The van der Waals surface area contributed by atoms with Crippen LogP contribution in [0.2, 0.25) is 10.0 Å². The van der Waals surface area contributed by atoms with E-state index in [0.29, 0.717) is 23.5 Å². The summed E-state index contributed by atoms with van der Waals surface area (Å²) in [6, 6.07) is 8.50. The first-order valence-electron chi connectivity index (χ1n) is 12.6. The van der Waals surface area contributed by atoms with Crippen LogP contribution in [0.5, 0.6) is 5.75 Å². The van der Waals surface area contributed by atoms with Crippen LogP contribution in [0.1, 0.15) is 44.2 Å². The van der Waals surface area contributed by atoms with Crippen LogP contribution in [-0.2, 0) is 10.0 Å². The molecule has 5 rings (SSSR count). The molecule has 0 spiro atoms. The second kappa shape index (κ2) is 17.4. The van der Waals surface area contributed by atoms with Crippen LogP contribution < -0.4 is 44.4 Å². The third-order valence-electron chi connectivity index (χ3n) is 6.53. The molecule has 0 saturated carbocycles. The molecule has 0 bridgehead atoms. The molecule has 0 amide bonds. The van der Waals surface area contributed by atoms with E-state index in [9.17, 15) is 13.5 Å². The van der Waals surface area contributed by atoms with Crippen molar-refractivity contribution in [2.75, 3.05) is 46.0 Å². The number of rotatable bonds is 7. The van der Waals surface area contributed by atoms with Gasteiger partial charge in [-0.15, -0.1) is 12.4 Å². The third-order valence-corrected chi connectivity index (χ3v) is 8.32. The fraction of sp³-hybridized carbons (Fsp3) is 0.400. The van der Waals surface area contributed by atoms with Crippen LogP contribution in [0.3, 0.4) is 0 Å². The van der Waals surface area contributed by atoms with Crippen LogP contribution >= 0.6 is 35.6 Å². The zero-order valence-corrected chi connectivity index (χ0v) is 27.1. The maximum absolute atomic E-state index is 12.8. The number of phenols is 1. The first kappa shape index (κ1) is 40.1. The first-order valence-corrected chi connectivity index (χ1v) is 14.9. The summed E-state index contributed by atoms with van der Waals surface area (Å²) in [5, 5.41) is 14.1. The minimum Gasteiger partial charge on any atom is -0.506 e. The summed E-state index contributed by atoms with van der Waals surface area (Å²) in [6.45, 7) is 3.60. The lowest BCUT2D eigenvalue weighted by Gasteiger charge is -2.30. The molecule has 3 aromatic rings. The van der Waals surface area contributed by atoms with Crippen molar-refractivity contribution in [3.63, 3.8) is 0 Å². The number of nitrogens with one attached hydrogen (secondary N) is 2. The average molecular weight is 691 g/mol. The van der Waals surface area contributed by atoms with Crippen molar-refractivity contribution >= 4 is 74.9 Å². The van der Waals surface area contributed by atoms with Gasteiger partial charge in [-0.1, -0.05) is 23.2 Å². The highest BCUT2D eigenvalue weighted by molar-refractivity contribution is 7.92. The van der Waals surface area contributed by atoms with Crippen molar-refractivity contribution in [2.45, 2.75) is 43.4 Å². The summed E-state index contributed by atoms with van der Waals surface area (Å²) in [6.07, 6.45) is 6.79. The van der Waals surface area contributed by atoms with Crippen molar-refractivity contribution in [3.05, 3.63) is 46.4 Å². The van der Waals surface area contributed by atoms with Gasteiger partial charge in [0.25, 0.3) is 10.0 Å². The molecular formula is C25H50Cl3N11O3S. The number of benzene rings is 2. The molecule has 2 fully saturated rings. The lowest BCUT2D eigenvalue weighted by atomic mass is 10.1. The van der Waals surface area contributed by atoms with E-state index in [4.69, 9.17) is 28.2 Å². The predicted octanol–water partition coefficient (Wildman–Crippen LogP) is 7.46. The molecule has 250 valence electrons. The molecular weight excluding hydrogens is 641 g/mol. The molecule has 2 aliphatic heterocycles. The van der Waals surface area contributed by atoms with E-state index in [2.05, 4.69) is 29.8 Å². The van der Waals surface area contributed by atoms with Crippen molar-refractivity contribution in [1.82, 2.24) is 39.6 Å². The fourth-order valence-electron chi connectivity index (χ4n) is 4.59. The Balaban J connectivity index is -0.000000653. The summed E-state index contributed by atoms with van der Waals surface area (Å²) in [5.41, 5.74) is 0.502. The van der Waals surface area contributed by atoms with E-state index in [1.165, 1.54) is 43.2 Å². The minimum atomic E-state index is -4.03. The van der Waals surface area contributed by atoms with E-state index in [0.717, 1.165) is 51.9 Å². The number of hydrogen-bond donors (Lipinski definition) is 7. The molecule has 0 unspecified atom stereocenters. The molecule has 0 radical (unpaired) electrons. The number of halogens is 3. The zero-order chi connectivity index (χ0) is 26.7. The predicted molar refractivity (Wildman–Crippen MR) is 186 cm³/mol. The maximum atomic E-state index is 12.8. The highest BCUT2D eigenvalue weighted by atomic mass is 35.5. The number of anilines is 5. The third kappa shape index (κ3) is 10.1. The van der Waals surface area contributed by atoms with Crippen molar-refractivity contribution in [1.29, 1.82) is 0 Å². The van der Waals surface area contributed by atoms with Crippen molar-refractivity contribution in [3.8, 4) is 5.75 Å². The van der Waals surface area contributed by atoms with Crippen LogP contribution in [0.15, 0.2) is 41.3 Å². The summed E-state index contributed by atoms with van der Waals surface area (Å²) in [4.78, 5) is 18.4. The van der Waals surface area contributed by atoms with E-state index in [1.807, 2.05) is 0 Å². The molecule has 15 N–H and O–H groups in total. The van der Waals surface area contributed by atoms with Gasteiger partial charge in [0.15, 0.2) is 0 Å². The second-order valence-electron chi connectivity index (χ2n) is 9.42. The van der Waals surface area contributed by atoms with Gasteiger partial charge in [-0.3, -0.25) is 4.72 Å². The Labute approximate surface area is 274 Å². The van der Waals surface area contributed by atoms with Gasteiger partial charge in [0.05, 0.1) is 10.6 Å². The Kier molecular flexibility index (Phi) is 16.2. The quantitative estimate of drug-likeness (QED) is 0.119. The van der Waals surface area contributed by atoms with Gasteiger partial charge in [0.2, 0.25) is 17.8 Å². The molecule has 43 heavy (non-hydrogen) atoms. The van der Waals surface area contributed by atoms with Gasteiger partial charge >= 0.3 is 0 Å². The Morgan fingerprint density at radius 1 is 0.744 bits per heavy atom. The Morgan fingerprint density at radius 2 is 1.23 bits per heavy atom. The summed E-state index contributed by atoms with van der Waals surface area (Å²) in [7, 11) is -4.03. The molecule has 2 aromatic carbocycles. The first-order chi connectivity index (χ1) is 18.3. The van der Waals surface area contributed by atoms with Crippen LogP contribution in [0.25, 0.3) is 0 Å². The highest BCUT2D eigenvalue weighted by Gasteiger charge is 2.21. The van der Waals surface area contributed by atoms with Crippen LogP contribution in [-0.4, -0.2) is 54.7 Å². The number of hydrogen-bond acceptors (Lipinski definition) is 13. The largest absolute Gasteiger partial charge is 0.506 e. The number of sulfonamides is 1. The molecule has 1 aromatic heterocycles. The smallest absolute Gasteiger partial charge is 0.262 e. The number of nitrogens with zero attached hydrogens (tertiary/aromatic N) is 5. The van der Waals surface area contributed by atoms with Gasteiger partial charge in [-0.25, -0.2) is 8.42 Å². The normalized spacial score (nSPS) is 14.5. The second-order valence-corrected chi connectivity index (χ2v) is 12.0. The maximum Gasteiger partial charge on any atom is 0.262 e. The molecule has 3 heterocycles. The molecule has 0 atom stereocenters. The lowest BCUT2D eigenvalue weighted by Crippen LogP contribution is -2.34.